The average molecular weight is 348 g/mol. The van der Waals surface area contributed by atoms with Crippen LogP contribution in [0.3, 0.4) is 0 Å². The van der Waals surface area contributed by atoms with E-state index >= 15 is 0 Å². The quantitative estimate of drug-likeness (QED) is 0.430. The number of hydrogen-bond acceptors (Lipinski definition) is 4. The van der Waals surface area contributed by atoms with Crippen LogP contribution in [-0.2, 0) is 11.3 Å². The van der Waals surface area contributed by atoms with Crippen molar-refractivity contribution in [3.63, 3.8) is 0 Å². The number of anilines is 1. The Kier molecular flexibility index (Phi) is 8.52. The highest BCUT2D eigenvalue weighted by Gasteiger charge is 2.17. The first-order valence-corrected chi connectivity index (χ1v) is 9.49. The van der Waals surface area contributed by atoms with Gasteiger partial charge in [-0.15, -0.1) is 0 Å². The normalized spacial score (nSPS) is 18.3. The minimum atomic E-state index is 0.267. The van der Waals surface area contributed by atoms with Gasteiger partial charge in [0, 0.05) is 39.4 Å². The third-order valence-electron chi connectivity index (χ3n) is 4.38. The first-order valence-electron chi connectivity index (χ1n) is 9.49. The number of aliphatic imine (C=N–C) groups is 1. The van der Waals surface area contributed by atoms with Crippen LogP contribution in [0.5, 0.6) is 0 Å². The molecule has 6 nitrogen and oxygen atoms in total. The van der Waals surface area contributed by atoms with E-state index in [9.17, 15) is 0 Å². The molecule has 1 aromatic heterocycles. The molecule has 6 heteroatoms. The van der Waals surface area contributed by atoms with Gasteiger partial charge in [0.15, 0.2) is 5.96 Å². The number of nitrogens with zero attached hydrogens (tertiary/aromatic N) is 3. The number of guanidine groups is 1. The molecule has 0 bridgehead atoms. The fourth-order valence-corrected chi connectivity index (χ4v) is 2.90. The lowest BCUT2D eigenvalue weighted by Crippen LogP contribution is -2.41. The van der Waals surface area contributed by atoms with Gasteiger partial charge in [0.05, 0.1) is 12.7 Å². The maximum absolute atomic E-state index is 5.58. The molecule has 0 spiro atoms. The first kappa shape index (κ1) is 19.5. The lowest BCUT2D eigenvalue weighted by Gasteiger charge is -2.32. The lowest BCUT2D eigenvalue weighted by molar-refractivity contribution is 0.0529. The highest BCUT2D eigenvalue weighted by molar-refractivity contribution is 5.79. The number of hydrogen-bond donors (Lipinski definition) is 2. The first-order chi connectivity index (χ1) is 12.2. The summed E-state index contributed by atoms with van der Waals surface area (Å²) in [6, 6.07) is 4.22. The van der Waals surface area contributed by atoms with E-state index in [1.165, 1.54) is 25.7 Å². The molecule has 1 atom stereocenters. The van der Waals surface area contributed by atoms with Crippen molar-refractivity contribution in [2.24, 2.45) is 4.99 Å². The van der Waals surface area contributed by atoms with E-state index in [0.717, 1.165) is 50.1 Å². The van der Waals surface area contributed by atoms with Crippen LogP contribution in [0.2, 0.25) is 0 Å². The minimum Gasteiger partial charge on any atom is -0.375 e. The van der Waals surface area contributed by atoms with Crippen LogP contribution in [0.15, 0.2) is 23.3 Å². The Bertz CT molecular complexity index is 517. The second kappa shape index (κ2) is 10.9. The van der Waals surface area contributed by atoms with E-state index in [1.807, 2.05) is 13.2 Å². The van der Waals surface area contributed by atoms with Gasteiger partial charge >= 0.3 is 0 Å². The maximum Gasteiger partial charge on any atom is 0.191 e. The van der Waals surface area contributed by atoms with Crippen LogP contribution in [0.1, 0.15) is 45.1 Å². The molecule has 2 rings (SSSR count). The minimum absolute atomic E-state index is 0.267. The molecule has 0 amide bonds. The Morgan fingerprint density at radius 1 is 1.32 bits per heavy atom. The van der Waals surface area contributed by atoms with Crippen molar-refractivity contribution < 1.29 is 4.74 Å². The lowest BCUT2D eigenvalue weighted by atomic mass is 10.2. The molecule has 0 radical (unpaired) electrons. The largest absolute Gasteiger partial charge is 0.375 e. The molecule has 1 saturated heterocycles. The Morgan fingerprint density at radius 2 is 2.20 bits per heavy atom. The van der Waals surface area contributed by atoms with Crippen LogP contribution < -0.4 is 15.5 Å². The van der Waals surface area contributed by atoms with Gasteiger partial charge in [-0.05, 0) is 25.0 Å². The molecule has 1 fully saturated rings. The molecule has 0 aliphatic carbocycles. The van der Waals surface area contributed by atoms with Crippen LogP contribution in [0.25, 0.3) is 0 Å². The fraction of sp³-hybridized carbons (Fsp3) is 0.684. The van der Waals surface area contributed by atoms with Crippen LogP contribution in [-0.4, -0.2) is 50.3 Å². The zero-order valence-electron chi connectivity index (χ0n) is 15.9. The van der Waals surface area contributed by atoms with Crippen molar-refractivity contribution in [2.45, 2.75) is 52.2 Å². The number of rotatable bonds is 8. The maximum atomic E-state index is 5.58. The van der Waals surface area contributed by atoms with E-state index in [4.69, 9.17) is 4.74 Å². The zero-order valence-corrected chi connectivity index (χ0v) is 15.9. The van der Waals surface area contributed by atoms with E-state index in [2.05, 4.69) is 51.5 Å². The SMILES string of the molecule is CCCCCCNC(=NC)NCc1ccc(N2CCOC(C)C2)nc1. The van der Waals surface area contributed by atoms with Crippen LogP contribution in [0, 0.1) is 0 Å². The predicted octanol–water partition coefficient (Wildman–Crippen LogP) is 2.55. The zero-order chi connectivity index (χ0) is 17.9. The molecule has 2 N–H and O–H groups in total. The molecule has 1 aromatic rings. The van der Waals surface area contributed by atoms with E-state index in [1.54, 1.807) is 0 Å². The van der Waals surface area contributed by atoms with E-state index in [0.29, 0.717) is 0 Å². The number of morpholine rings is 1. The number of ether oxygens (including phenoxy) is 1. The van der Waals surface area contributed by atoms with Crippen molar-refractivity contribution in [3.05, 3.63) is 23.9 Å². The van der Waals surface area contributed by atoms with Gasteiger partial charge in [-0.25, -0.2) is 4.98 Å². The molecular weight excluding hydrogens is 314 g/mol. The molecule has 1 aliphatic heterocycles. The smallest absolute Gasteiger partial charge is 0.191 e. The highest BCUT2D eigenvalue weighted by Crippen LogP contribution is 2.15. The second-order valence-electron chi connectivity index (χ2n) is 6.57. The molecule has 1 unspecified atom stereocenters. The van der Waals surface area contributed by atoms with Crippen molar-refractivity contribution in [2.75, 3.05) is 38.2 Å². The molecule has 25 heavy (non-hydrogen) atoms. The number of aromatic nitrogens is 1. The highest BCUT2D eigenvalue weighted by atomic mass is 16.5. The summed E-state index contributed by atoms with van der Waals surface area (Å²) in [5, 5.41) is 6.71. The molecule has 0 saturated carbocycles. The predicted molar refractivity (Wildman–Crippen MR) is 104 cm³/mol. The molecular formula is C19H33N5O. The number of unbranched alkanes of at least 4 members (excludes halogenated alkanes) is 3. The van der Waals surface area contributed by atoms with Crippen molar-refractivity contribution in [1.29, 1.82) is 0 Å². The summed E-state index contributed by atoms with van der Waals surface area (Å²) in [6.07, 6.45) is 7.22. The monoisotopic (exact) mass is 347 g/mol. The van der Waals surface area contributed by atoms with Crippen LogP contribution in [0.4, 0.5) is 5.82 Å². The summed E-state index contributed by atoms with van der Waals surface area (Å²) in [4.78, 5) is 11.2. The topological polar surface area (TPSA) is 61.8 Å². The Balaban J connectivity index is 1.74. The van der Waals surface area contributed by atoms with Gasteiger partial charge in [0.25, 0.3) is 0 Å². The summed E-state index contributed by atoms with van der Waals surface area (Å²) in [5.41, 5.74) is 1.15. The van der Waals surface area contributed by atoms with Gasteiger partial charge in [-0.3, -0.25) is 4.99 Å². The van der Waals surface area contributed by atoms with Gasteiger partial charge in [0.1, 0.15) is 5.82 Å². The molecule has 140 valence electrons. The Morgan fingerprint density at radius 3 is 2.88 bits per heavy atom. The summed E-state index contributed by atoms with van der Waals surface area (Å²) < 4.78 is 5.58. The second-order valence-corrected chi connectivity index (χ2v) is 6.57. The van der Waals surface area contributed by atoms with Crippen molar-refractivity contribution in [3.8, 4) is 0 Å². The summed E-state index contributed by atoms with van der Waals surface area (Å²) in [7, 11) is 1.81. The average Bonchev–Trinajstić information content (AvgIpc) is 2.64. The third kappa shape index (κ3) is 6.90. The van der Waals surface area contributed by atoms with Crippen molar-refractivity contribution >= 4 is 11.8 Å². The van der Waals surface area contributed by atoms with Gasteiger partial charge in [-0.2, -0.15) is 0 Å². The molecule has 2 heterocycles. The van der Waals surface area contributed by atoms with Gasteiger partial charge < -0.3 is 20.3 Å². The summed E-state index contributed by atoms with van der Waals surface area (Å²) in [6.45, 7) is 8.60. The molecule has 1 aliphatic rings. The Labute approximate surface area is 152 Å². The Hall–Kier alpha value is -1.82. The van der Waals surface area contributed by atoms with Gasteiger partial charge in [-0.1, -0.05) is 32.3 Å². The van der Waals surface area contributed by atoms with E-state index in [-0.39, 0.29) is 6.10 Å². The standard InChI is InChI=1S/C19H33N5O/c1-4-5-6-7-10-21-19(20-3)23-14-17-8-9-18(22-13-17)24-11-12-25-16(2)15-24/h8-9,13,16H,4-7,10-12,14-15H2,1-3H3,(H2,20,21,23). The molecule has 0 aromatic carbocycles. The summed E-state index contributed by atoms with van der Waals surface area (Å²) >= 11 is 0. The fourth-order valence-electron chi connectivity index (χ4n) is 2.90. The van der Waals surface area contributed by atoms with Crippen LogP contribution >= 0.6 is 0 Å². The van der Waals surface area contributed by atoms with Crippen molar-refractivity contribution in [1.82, 2.24) is 15.6 Å². The van der Waals surface area contributed by atoms with Gasteiger partial charge in [0.2, 0.25) is 0 Å². The number of pyridine rings is 1. The summed E-state index contributed by atoms with van der Waals surface area (Å²) in [5.74, 6) is 1.87. The number of nitrogens with one attached hydrogen (secondary N) is 2. The third-order valence-corrected chi connectivity index (χ3v) is 4.38. The van der Waals surface area contributed by atoms with E-state index < -0.39 is 0 Å².